The Morgan fingerprint density at radius 1 is 1.30 bits per heavy atom. The first-order valence-corrected chi connectivity index (χ1v) is 10.0. The van der Waals surface area contributed by atoms with Gasteiger partial charge in [-0.2, -0.15) is 13.2 Å². The predicted octanol–water partition coefficient (Wildman–Crippen LogP) is 4.59. The molecule has 1 saturated heterocycles. The first-order valence-electron chi connectivity index (χ1n) is 8.14. The number of nitrogens with one attached hydrogen (secondary N) is 1. The van der Waals surface area contributed by atoms with Crippen molar-refractivity contribution in [3.05, 3.63) is 50.3 Å². The van der Waals surface area contributed by atoms with E-state index in [2.05, 4.69) is 5.32 Å². The van der Waals surface area contributed by atoms with Crippen molar-refractivity contribution in [1.82, 2.24) is 4.90 Å². The third-order valence-electron chi connectivity index (χ3n) is 3.84. The van der Waals surface area contributed by atoms with Crippen LogP contribution in [-0.2, 0) is 15.8 Å². The van der Waals surface area contributed by atoms with Crippen LogP contribution < -0.4 is 10.1 Å². The van der Waals surface area contributed by atoms with Crippen LogP contribution >= 0.6 is 34.4 Å². The third-order valence-corrected chi connectivity index (χ3v) is 5.33. The number of furan rings is 1. The summed E-state index contributed by atoms with van der Waals surface area (Å²) >= 11 is 2.57. The van der Waals surface area contributed by atoms with Crippen LogP contribution in [-0.4, -0.2) is 35.6 Å². The molecule has 1 aromatic carbocycles. The molecule has 3 rings (SSSR count). The zero-order chi connectivity index (χ0) is 22.1. The zero-order valence-corrected chi connectivity index (χ0v) is 18.1. The number of carbonyl (C=O) groups excluding carboxylic acids is 3. The van der Waals surface area contributed by atoms with Gasteiger partial charge in [0.05, 0.1) is 23.3 Å². The monoisotopic (exact) mass is 552 g/mol. The molecule has 3 amide bonds. The van der Waals surface area contributed by atoms with E-state index in [1.807, 2.05) is 22.6 Å². The van der Waals surface area contributed by atoms with Gasteiger partial charge in [-0.15, -0.1) is 0 Å². The molecule has 0 saturated carbocycles. The van der Waals surface area contributed by atoms with E-state index in [-0.39, 0.29) is 16.3 Å². The molecule has 158 valence electrons. The summed E-state index contributed by atoms with van der Waals surface area (Å²) in [6.07, 6.45) is -3.24. The number of amides is 3. The maximum absolute atomic E-state index is 12.9. The highest BCUT2D eigenvalue weighted by molar-refractivity contribution is 14.1. The highest BCUT2D eigenvalue weighted by Crippen LogP contribution is 2.35. The Labute approximate surface area is 185 Å². The largest absolute Gasteiger partial charge is 0.495 e. The second-order valence-electron chi connectivity index (χ2n) is 5.87. The summed E-state index contributed by atoms with van der Waals surface area (Å²) in [5, 5.41) is 1.57. The lowest BCUT2D eigenvalue weighted by atomic mass is 10.1. The predicted molar refractivity (Wildman–Crippen MR) is 111 cm³/mol. The number of imide groups is 1. The maximum Gasteiger partial charge on any atom is 0.416 e. The second-order valence-corrected chi connectivity index (χ2v) is 7.93. The van der Waals surface area contributed by atoms with Gasteiger partial charge in [0.1, 0.15) is 18.1 Å². The molecule has 0 unspecified atom stereocenters. The van der Waals surface area contributed by atoms with Crippen LogP contribution in [0.25, 0.3) is 6.08 Å². The Morgan fingerprint density at radius 2 is 2.03 bits per heavy atom. The number of alkyl halides is 3. The molecule has 12 heteroatoms. The Bertz CT molecular complexity index is 1050. The number of rotatable bonds is 5. The number of ether oxygens (including phenoxy) is 1. The molecule has 30 heavy (non-hydrogen) atoms. The Balaban J connectivity index is 1.74. The molecule has 1 aliphatic rings. The van der Waals surface area contributed by atoms with Gasteiger partial charge in [-0.25, -0.2) is 0 Å². The molecule has 1 aromatic heterocycles. The van der Waals surface area contributed by atoms with Gasteiger partial charge in [0.15, 0.2) is 3.77 Å². The van der Waals surface area contributed by atoms with Crippen molar-refractivity contribution in [1.29, 1.82) is 0 Å². The number of nitrogens with zero attached hydrogens (tertiary/aromatic N) is 1. The SMILES string of the molecule is COc1ccc(C(F)(F)F)cc1NC(=O)CN1C(=O)S/C(=C\c2ccc(I)o2)C1=O. The minimum absolute atomic E-state index is 0.00203. The van der Waals surface area contributed by atoms with Crippen LogP contribution in [0.5, 0.6) is 5.75 Å². The van der Waals surface area contributed by atoms with Crippen LogP contribution in [0.2, 0.25) is 0 Å². The molecule has 1 N–H and O–H groups in total. The minimum atomic E-state index is -4.62. The Morgan fingerprint density at radius 3 is 2.63 bits per heavy atom. The first kappa shape index (κ1) is 22.2. The van der Waals surface area contributed by atoms with Crippen LogP contribution in [0, 0.1) is 3.77 Å². The van der Waals surface area contributed by atoms with E-state index < -0.39 is 35.3 Å². The number of methoxy groups -OCH3 is 1. The van der Waals surface area contributed by atoms with E-state index in [9.17, 15) is 27.6 Å². The number of carbonyl (C=O) groups is 3. The van der Waals surface area contributed by atoms with Crippen LogP contribution in [0.3, 0.4) is 0 Å². The van der Waals surface area contributed by atoms with E-state index in [1.165, 1.54) is 13.2 Å². The van der Waals surface area contributed by atoms with Crippen molar-refractivity contribution in [2.45, 2.75) is 6.18 Å². The second kappa shape index (κ2) is 8.71. The molecule has 1 fully saturated rings. The first-order chi connectivity index (χ1) is 14.1. The van der Waals surface area contributed by atoms with Crippen LogP contribution in [0.4, 0.5) is 23.7 Å². The summed E-state index contributed by atoms with van der Waals surface area (Å²) in [6, 6.07) is 5.87. The summed E-state index contributed by atoms with van der Waals surface area (Å²) in [6.45, 7) is -0.670. The van der Waals surface area contributed by atoms with E-state index in [1.54, 1.807) is 12.1 Å². The van der Waals surface area contributed by atoms with Crippen molar-refractivity contribution in [2.75, 3.05) is 19.0 Å². The standard InChI is InChI=1S/C18H12F3IN2O5S/c1-28-12-4-2-9(18(19,20)21)6-11(12)23-15(25)8-24-16(26)13(30-17(24)27)7-10-3-5-14(22)29-10/h2-7H,8H2,1H3,(H,23,25)/b13-7-. The summed E-state index contributed by atoms with van der Waals surface area (Å²) in [7, 11) is 1.23. The van der Waals surface area contributed by atoms with Gasteiger partial charge in [0.25, 0.3) is 11.1 Å². The molecule has 0 aliphatic carbocycles. The molecular formula is C18H12F3IN2O5S. The fraction of sp³-hybridized carbons (Fsp3) is 0.167. The minimum Gasteiger partial charge on any atom is -0.495 e. The van der Waals surface area contributed by atoms with Crippen molar-refractivity contribution in [3.63, 3.8) is 0 Å². The van der Waals surface area contributed by atoms with Crippen molar-refractivity contribution < 1.29 is 36.7 Å². The van der Waals surface area contributed by atoms with Crippen molar-refractivity contribution in [3.8, 4) is 5.75 Å². The van der Waals surface area contributed by atoms with Crippen LogP contribution in [0.15, 0.2) is 39.7 Å². The van der Waals surface area contributed by atoms with Gasteiger partial charge in [-0.1, -0.05) is 0 Å². The van der Waals surface area contributed by atoms with Gasteiger partial charge in [0, 0.05) is 6.08 Å². The smallest absolute Gasteiger partial charge is 0.416 e. The van der Waals surface area contributed by atoms with Gasteiger partial charge in [-0.3, -0.25) is 19.3 Å². The normalized spacial score (nSPS) is 15.8. The lowest BCUT2D eigenvalue weighted by Gasteiger charge is -2.16. The van der Waals surface area contributed by atoms with Crippen LogP contribution in [0.1, 0.15) is 11.3 Å². The summed E-state index contributed by atoms with van der Waals surface area (Å²) in [4.78, 5) is 37.6. The molecule has 0 radical (unpaired) electrons. The molecule has 0 spiro atoms. The molecule has 0 atom stereocenters. The van der Waals surface area contributed by atoms with Gasteiger partial charge >= 0.3 is 6.18 Å². The Hall–Kier alpha value is -2.48. The van der Waals surface area contributed by atoms with E-state index >= 15 is 0 Å². The number of thioether (sulfide) groups is 1. The van der Waals surface area contributed by atoms with Gasteiger partial charge < -0.3 is 14.5 Å². The molecular weight excluding hydrogens is 540 g/mol. The van der Waals surface area contributed by atoms with E-state index in [0.29, 0.717) is 32.3 Å². The average molecular weight is 552 g/mol. The maximum atomic E-state index is 12.9. The quantitative estimate of drug-likeness (QED) is 0.432. The number of benzene rings is 1. The summed E-state index contributed by atoms with van der Waals surface area (Å²) in [5.74, 6) is -1.20. The topological polar surface area (TPSA) is 88.8 Å². The van der Waals surface area contributed by atoms with E-state index in [4.69, 9.17) is 9.15 Å². The number of anilines is 1. The highest BCUT2D eigenvalue weighted by Gasteiger charge is 2.37. The molecule has 2 heterocycles. The zero-order valence-electron chi connectivity index (χ0n) is 15.1. The number of hydrogen-bond acceptors (Lipinski definition) is 6. The van der Waals surface area contributed by atoms with Crippen molar-refractivity contribution >= 4 is 63.2 Å². The lowest BCUT2D eigenvalue weighted by molar-refractivity contribution is -0.137. The fourth-order valence-corrected chi connectivity index (χ4v) is 3.74. The molecule has 1 aliphatic heterocycles. The van der Waals surface area contributed by atoms with E-state index in [0.717, 1.165) is 12.1 Å². The Kier molecular flexibility index (Phi) is 6.45. The van der Waals surface area contributed by atoms with Gasteiger partial charge in [0.2, 0.25) is 5.91 Å². The number of halogens is 4. The fourth-order valence-electron chi connectivity index (χ4n) is 2.49. The summed E-state index contributed by atoms with van der Waals surface area (Å²) in [5.41, 5.74) is -1.22. The molecule has 7 nitrogen and oxygen atoms in total. The molecule has 2 aromatic rings. The molecule has 0 bridgehead atoms. The van der Waals surface area contributed by atoms with Gasteiger partial charge in [-0.05, 0) is 64.7 Å². The third kappa shape index (κ3) is 4.98. The number of hydrogen-bond donors (Lipinski definition) is 1. The highest BCUT2D eigenvalue weighted by atomic mass is 127. The summed E-state index contributed by atoms with van der Waals surface area (Å²) < 4.78 is 49.6. The van der Waals surface area contributed by atoms with Crippen molar-refractivity contribution in [2.24, 2.45) is 0 Å². The lowest BCUT2D eigenvalue weighted by Crippen LogP contribution is -2.36. The average Bonchev–Trinajstić information content (AvgIpc) is 3.19.